The van der Waals surface area contributed by atoms with Gasteiger partial charge in [-0.15, -0.1) is 0 Å². The SMILES string of the molecule is CCC(CSC)N(C)C(=O)c1cc(Cl)ccc1NC. The van der Waals surface area contributed by atoms with E-state index in [1.807, 2.05) is 18.0 Å². The minimum Gasteiger partial charge on any atom is -0.387 e. The largest absolute Gasteiger partial charge is 0.387 e. The van der Waals surface area contributed by atoms with E-state index in [0.29, 0.717) is 10.6 Å². The maximum atomic E-state index is 12.6. The molecule has 0 fully saturated rings. The maximum absolute atomic E-state index is 12.6. The Hall–Kier alpha value is -0.870. The third-order valence-corrected chi connectivity index (χ3v) is 4.13. The summed E-state index contributed by atoms with van der Waals surface area (Å²) in [6, 6.07) is 5.58. The lowest BCUT2D eigenvalue weighted by molar-refractivity contribution is 0.0744. The molecule has 19 heavy (non-hydrogen) atoms. The van der Waals surface area contributed by atoms with Gasteiger partial charge in [-0.3, -0.25) is 4.79 Å². The summed E-state index contributed by atoms with van der Waals surface area (Å²) in [6.45, 7) is 2.10. The molecule has 0 radical (unpaired) electrons. The smallest absolute Gasteiger partial charge is 0.256 e. The van der Waals surface area contributed by atoms with E-state index in [1.165, 1.54) is 0 Å². The molecule has 0 aliphatic rings. The summed E-state index contributed by atoms with van der Waals surface area (Å²) in [5.41, 5.74) is 1.43. The zero-order valence-electron chi connectivity index (χ0n) is 11.9. The molecule has 1 unspecified atom stereocenters. The summed E-state index contributed by atoms with van der Waals surface area (Å²) >= 11 is 7.75. The first kappa shape index (κ1) is 16.2. The van der Waals surface area contributed by atoms with Crippen molar-refractivity contribution in [2.75, 3.05) is 31.4 Å². The third-order valence-electron chi connectivity index (χ3n) is 3.18. The van der Waals surface area contributed by atoms with Crippen molar-refractivity contribution in [3.05, 3.63) is 28.8 Å². The van der Waals surface area contributed by atoms with Gasteiger partial charge in [-0.1, -0.05) is 18.5 Å². The maximum Gasteiger partial charge on any atom is 0.256 e. The van der Waals surface area contributed by atoms with Crippen LogP contribution < -0.4 is 5.32 Å². The number of benzene rings is 1. The van der Waals surface area contributed by atoms with Crippen molar-refractivity contribution in [2.45, 2.75) is 19.4 Å². The van der Waals surface area contributed by atoms with Crippen molar-refractivity contribution in [3.63, 3.8) is 0 Å². The molecule has 0 heterocycles. The highest BCUT2D eigenvalue weighted by Gasteiger charge is 2.21. The minimum atomic E-state index is 0.00718. The summed E-state index contributed by atoms with van der Waals surface area (Å²) in [5, 5.41) is 3.61. The molecule has 0 spiro atoms. The van der Waals surface area contributed by atoms with Crippen molar-refractivity contribution >= 4 is 35.0 Å². The molecular formula is C14H21ClN2OS. The van der Waals surface area contributed by atoms with Gasteiger partial charge in [-0.25, -0.2) is 0 Å². The summed E-state index contributed by atoms with van der Waals surface area (Å²) in [7, 11) is 3.66. The van der Waals surface area contributed by atoms with Gasteiger partial charge in [-0.05, 0) is 30.9 Å². The molecule has 0 saturated carbocycles. The molecule has 5 heteroatoms. The Morgan fingerprint density at radius 2 is 2.21 bits per heavy atom. The van der Waals surface area contributed by atoms with Gasteiger partial charge in [-0.2, -0.15) is 11.8 Å². The van der Waals surface area contributed by atoms with Gasteiger partial charge in [0.1, 0.15) is 0 Å². The van der Waals surface area contributed by atoms with Crippen LogP contribution in [0.15, 0.2) is 18.2 Å². The first-order valence-electron chi connectivity index (χ1n) is 6.28. The van der Waals surface area contributed by atoms with E-state index in [0.717, 1.165) is 17.9 Å². The van der Waals surface area contributed by atoms with Gasteiger partial charge in [0.25, 0.3) is 5.91 Å². The predicted octanol–water partition coefficient (Wildman–Crippen LogP) is 3.60. The van der Waals surface area contributed by atoms with E-state index < -0.39 is 0 Å². The van der Waals surface area contributed by atoms with E-state index in [-0.39, 0.29) is 11.9 Å². The highest BCUT2D eigenvalue weighted by Crippen LogP contribution is 2.23. The Morgan fingerprint density at radius 3 is 2.74 bits per heavy atom. The van der Waals surface area contributed by atoms with Crippen LogP contribution in [0.4, 0.5) is 5.69 Å². The lowest BCUT2D eigenvalue weighted by Crippen LogP contribution is -2.38. The molecule has 1 aromatic carbocycles. The van der Waals surface area contributed by atoms with Gasteiger partial charge < -0.3 is 10.2 Å². The molecular weight excluding hydrogens is 280 g/mol. The molecule has 1 atom stereocenters. The Balaban J connectivity index is 3.01. The number of carbonyl (C=O) groups is 1. The second-order valence-corrected chi connectivity index (χ2v) is 5.72. The molecule has 1 N–H and O–H groups in total. The molecule has 1 rings (SSSR count). The number of hydrogen-bond acceptors (Lipinski definition) is 3. The van der Waals surface area contributed by atoms with E-state index in [9.17, 15) is 4.79 Å². The number of nitrogens with zero attached hydrogens (tertiary/aromatic N) is 1. The van der Waals surface area contributed by atoms with Crippen molar-refractivity contribution < 1.29 is 4.79 Å². The first-order valence-corrected chi connectivity index (χ1v) is 8.05. The quantitative estimate of drug-likeness (QED) is 0.871. The van der Waals surface area contributed by atoms with Crippen LogP contribution >= 0.6 is 23.4 Å². The van der Waals surface area contributed by atoms with Gasteiger partial charge >= 0.3 is 0 Å². The molecule has 0 aromatic heterocycles. The summed E-state index contributed by atoms with van der Waals surface area (Å²) in [6.07, 6.45) is 3.00. The second kappa shape index (κ2) is 7.65. The van der Waals surface area contributed by atoms with E-state index in [4.69, 9.17) is 11.6 Å². The predicted molar refractivity (Wildman–Crippen MR) is 85.6 cm³/mol. The summed E-state index contributed by atoms with van der Waals surface area (Å²) < 4.78 is 0. The number of carbonyl (C=O) groups excluding carboxylic acids is 1. The van der Waals surface area contributed by atoms with Gasteiger partial charge in [0.05, 0.1) is 5.56 Å². The van der Waals surface area contributed by atoms with Gasteiger partial charge in [0.2, 0.25) is 0 Å². The van der Waals surface area contributed by atoms with E-state index in [1.54, 1.807) is 30.9 Å². The molecule has 1 aromatic rings. The number of rotatable bonds is 6. The number of anilines is 1. The fourth-order valence-electron chi connectivity index (χ4n) is 1.96. The average molecular weight is 301 g/mol. The Morgan fingerprint density at radius 1 is 1.53 bits per heavy atom. The molecule has 106 valence electrons. The first-order chi connectivity index (χ1) is 9.04. The Labute approximate surface area is 124 Å². The molecule has 0 saturated heterocycles. The summed E-state index contributed by atoms with van der Waals surface area (Å²) in [5.74, 6) is 0.946. The van der Waals surface area contributed by atoms with Crippen LogP contribution in [-0.4, -0.2) is 43.0 Å². The Bertz CT molecular complexity index is 439. The van der Waals surface area contributed by atoms with Crippen molar-refractivity contribution in [3.8, 4) is 0 Å². The number of hydrogen-bond donors (Lipinski definition) is 1. The van der Waals surface area contributed by atoms with Crippen molar-refractivity contribution in [2.24, 2.45) is 0 Å². The average Bonchev–Trinajstić information content (AvgIpc) is 2.43. The normalized spacial score (nSPS) is 12.1. The van der Waals surface area contributed by atoms with Crippen LogP contribution in [-0.2, 0) is 0 Å². The molecule has 1 amide bonds. The van der Waals surface area contributed by atoms with Crippen LogP contribution in [0.25, 0.3) is 0 Å². The lowest BCUT2D eigenvalue weighted by atomic mass is 10.1. The van der Waals surface area contributed by atoms with Crippen LogP contribution in [0.3, 0.4) is 0 Å². The number of amides is 1. The van der Waals surface area contributed by atoms with Crippen LogP contribution in [0.5, 0.6) is 0 Å². The van der Waals surface area contributed by atoms with Crippen molar-refractivity contribution in [1.29, 1.82) is 0 Å². The van der Waals surface area contributed by atoms with E-state index >= 15 is 0 Å². The monoisotopic (exact) mass is 300 g/mol. The molecule has 3 nitrogen and oxygen atoms in total. The number of thioether (sulfide) groups is 1. The van der Waals surface area contributed by atoms with Crippen LogP contribution in [0.1, 0.15) is 23.7 Å². The van der Waals surface area contributed by atoms with Crippen molar-refractivity contribution in [1.82, 2.24) is 4.90 Å². The highest BCUT2D eigenvalue weighted by molar-refractivity contribution is 7.98. The number of halogens is 1. The van der Waals surface area contributed by atoms with Gasteiger partial charge in [0.15, 0.2) is 0 Å². The molecule has 0 bridgehead atoms. The minimum absolute atomic E-state index is 0.00718. The topological polar surface area (TPSA) is 32.3 Å². The lowest BCUT2D eigenvalue weighted by Gasteiger charge is -2.27. The third kappa shape index (κ3) is 4.05. The van der Waals surface area contributed by atoms with Crippen LogP contribution in [0.2, 0.25) is 5.02 Å². The standard InChI is InChI=1S/C14H21ClN2OS/c1-5-11(9-19-4)17(3)14(18)12-8-10(15)6-7-13(12)16-2/h6-8,11,16H,5,9H2,1-4H3. The second-order valence-electron chi connectivity index (χ2n) is 4.37. The number of nitrogens with one attached hydrogen (secondary N) is 1. The highest BCUT2D eigenvalue weighted by atomic mass is 35.5. The fraction of sp³-hybridized carbons (Fsp3) is 0.500. The summed E-state index contributed by atoms with van der Waals surface area (Å²) in [4.78, 5) is 14.4. The molecule has 0 aliphatic heterocycles. The fourth-order valence-corrected chi connectivity index (χ4v) is 2.98. The Kier molecular flexibility index (Phi) is 6.52. The molecule has 0 aliphatic carbocycles. The zero-order valence-corrected chi connectivity index (χ0v) is 13.4. The zero-order chi connectivity index (χ0) is 14.4. The van der Waals surface area contributed by atoms with Crippen LogP contribution in [0, 0.1) is 0 Å². The van der Waals surface area contributed by atoms with Gasteiger partial charge in [0, 0.05) is 36.6 Å². The van der Waals surface area contributed by atoms with E-state index in [2.05, 4.69) is 18.5 Å².